The fraction of sp³-hybridized carbons (Fsp3) is 0.176. The van der Waals surface area contributed by atoms with Crippen molar-refractivity contribution in [1.82, 2.24) is 5.32 Å². The second-order valence-electron chi connectivity index (χ2n) is 5.14. The number of carbonyl (C=O) groups is 2. The molecule has 0 saturated carbocycles. The molecule has 0 aliphatic carbocycles. The smallest absolute Gasteiger partial charge is 0.341 e. The Morgan fingerprint density at radius 2 is 1.62 bits per heavy atom. The third-order valence-corrected chi connectivity index (χ3v) is 3.30. The van der Waals surface area contributed by atoms with E-state index in [1.807, 2.05) is 6.07 Å². The first-order valence-corrected chi connectivity index (χ1v) is 7.11. The van der Waals surface area contributed by atoms with Crippen molar-refractivity contribution >= 4 is 17.5 Å². The highest BCUT2D eigenvalue weighted by molar-refractivity contribution is 6.39. The van der Waals surface area contributed by atoms with Crippen LogP contribution in [-0.4, -0.2) is 11.8 Å². The van der Waals surface area contributed by atoms with E-state index in [1.54, 1.807) is 31.2 Å². The van der Waals surface area contributed by atoms with Gasteiger partial charge in [-0.2, -0.15) is 13.2 Å². The number of nitrogens with one attached hydrogen (secondary N) is 2. The topological polar surface area (TPSA) is 58.2 Å². The molecule has 0 aromatic heterocycles. The molecule has 2 N–H and O–H groups in total. The summed E-state index contributed by atoms with van der Waals surface area (Å²) in [4.78, 5) is 23.7. The highest BCUT2D eigenvalue weighted by Crippen LogP contribution is 2.30. The molecule has 2 rings (SSSR count). The molecule has 0 aliphatic heterocycles. The van der Waals surface area contributed by atoms with Crippen LogP contribution in [0.3, 0.4) is 0 Å². The maximum Gasteiger partial charge on any atom is 0.416 e. The lowest BCUT2D eigenvalue weighted by molar-refractivity contribution is -0.137. The van der Waals surface area contributed by atoms with E-state index in [0.717, 1.165) is 23.8 Å². The van der Waals surface area contributed by atoms with Gasteiger partial charge >= 0.3 is 18.0 Å². The number of hydrogen-bond donors (Lipinski definition) is 2. The van der Waals surface area contributed by atoms with Crippen molar-refractivity contribution in [2.24, 2.45) is 0 Å². The number of anilines is 1. The minimum absolute atomic E-state index is 0.0997. The molecule has 4 nitrogen and oxygen atoms in total. The Morgan fingerprint density at radius 3 is 2.25 bits per heavy atom. The minimum atomic E-state index is -4.52. The monoisotopic (exact) mass is 336 g/mol. The van der Waals surface area contributed by atoms with Gasteiger partial charge in [0.25, 0.3) is 0 Å². The van der Waals surface area contributed by atoms with E-state index in [-0.39, 0.29) is 5.69 Å². The lowest BCUT2D eigenvalue weighted by Gasteiger charge is -2.14. The fourth-order valence-corrected chi connectivity index (χ4v) is 2.05. The summed E-state index contributed by atoms with van der Waals surface area (Å²) in [7, 11) is 0. The number of benzene rings is 2. The Hall–Kier alpha value is -2.83. The molecule has 0 saturated heterocycles. The van der Waals surface area contributed by atoms with Crippen LogP contribution in [0.15, 0.2) is 54.6 Å². The molecular formula is C17H15F3N2O2. The normalized spacial score (nSPS) is 12.3. The predicted octanol–water partition coefficient (Wildman–Crippen LogP) is 3.52. The summed E-state index contributed by atoms with van der Waals surface area (Å²) in [6, 6.07) is 12.7. The van der Waals surface area contributed by atoms with Crippen molar-refractivity contribution < 1.29 is 22.8 Å². The van der Waals surface area contributed by atoms with Gasteiger partial charge in [0, 0.05) is 5.69 Å². The molecule has 24 heavy (non-hydrogen) atoms. The Kier molecular flexibility index (Phi) is 5.23. The molecule has 0 aliphatic rings. The molecule has 0 bridgehead atoms. The molecule has 0 spiro atoms. The van der Waals surface area contributed by atoms with Crippen LogP contribution in [0.5, 0.6) is 0 Å². The van der Waals surface area contributed by atoms with E-state index in [4.69, 9.17) is 0 Å². The number of carbonyl (C=O) groups excluding carboxylic acids is 2. The van der Waals surface area contributed by atoms with E-state index in [0.29, 0.717) is 0 Å². The SMILES string of the molecule is CC(NC(=O)C(=O)Nc1cccc(C(F)(F)F)c1)c1ccccc1. The summed E-state index contributed by atoms with van der Waals surface area (Å²) in [5, 5.41) is 4.65. The second kappa shape index (κ2) is 7.16. The highest BCUT2D eigenvalue weighted by atomic mass is 19.4. The minimum Gasteiger partial charge on any atom is -0.341 e. The first-order valence-electron chi connectivity index (χ1n) is 7.11. The molecule has 1 atom stereocenters. The number of rotatable bonds is 3. The zero-order chi connectivity index (χ0) is 17.7. The van der Waals surface area contributed by atoms with Gasteiger partial charge in [-0.15, -0.1) is 0 Å². The van der Waals surface area contributed by atoms with Crippen molar-refractivity contribution in [3.8, 4) is 0 Å². The van der Waals surface area contributed by atoms with Gasteiger partial charge in [-0.1, -0.05) is 36.4 Å². The molecule has 2 aromatic rings. The number of amides is 2. The van der Waals surface area contributed by atoms with Crippen LogP contribution in [0, 0.1) is 0 Å². The Balaban J connectivity index is 2.01. The summed E-state index contributed by atoms with van der Waals surface area (Å²) in [6.45, 7) is 1.70. The molecule has 2 aromatic carbocycles. The van der Waals surface area contributed by atoms with Crippen molar-refractivity contribution in [1.29, 1.82) is 0 Å². The van der Waals surface area contributed by atoms with Gasteiger partial charge in [-0.25, -0.2) is 0 Å². The lowest BCUT2D eigenvalue weighted by Crippen LogP contribution is -2.36. The van der Waals surface area contributed by atoms with E-state index in [1.165, 1.54) is 6.07 Å². The zero-order valence-electron chi connectivity index (χ0n) is 12.7. The summed E-state index contributed by atoms with van der Waals surface area (Å²) in [6.07, 6.45) is -4.52. The number of alkyl halides is 3. The molecule has 2 amide bonds. The predicted molar refractivity (Wildman–Crippen MR) is 83.1 cm³/mol. The van der Waals surface area contributed by atoms with Crippen LogP contribution in [0.25, 0.3) is 0 Å². The van der Waals surface area contributed by atoms with E-state index in [9.17, 15) is 22.8 Å². The Bertz CT molecular complexity index is 730. The van der Waals surface area contributed by atoms with Crippen LogP contribution in [0.1, 0.15) is 24.1 Å². The van der Waals surface area contributed by atoms with Gasteiger partial charge in [-0.05, 0) is 30.7 Å². The molecule has 1 unspecified atom stereocenters. The van der Waals surface area contributed by atoms with Crippen LogP contribution in [0.4, 0.5) is 18.9 Å². The number of hydrogen-bond acceptors (Lipinski definition) is 2. The van der Waals surface area contributed by atoms with Crippen molar-refractivity contribution in [2.45, 2.75) is 19.1 Å². The third kappa shape index (κ3) is 4.58. The van der Waals surface area contributed by atoms with Gasteiger partial charge < -0.3 is 10.6 Å². The highest BCUT2D eigenvalue weighted by Gasteiger charge is 2.30. The third-order valence-electron chi connectivity index (χ3n) is 3.30. The first-order chi connectivity index (χ1) is 11.3. The van der Waals surface area contributed by atoms with Gasteiger partial charge in [-0.3, -0.25) is 9.59 Å². The standard InChI is InChI=1S/C17H15F3N2O2/c1-11(12-6-3-2-4-7-12)21-15(23)16(24)22-14-9-5-8-13(10-14)17(18,19)20/h2-11H,1H3,(H,21,23)(H,22,24). The van der Waals surface area contributed by atoms with Gasteiger partial charge in [0.1, 0.15) is 0 Å². The van der Waals surface area contributed by atoms with E-state index in [2.05, 4.69) is 10.6 Å². The van der Waals surface area contributed by atoms with E-state index < -0.39 is 29.6 Å². The molecular weight excluding hydrogens is 321 g/mol. The Labute approximate surface area is 136 Å². The quantitative estimate of drug-likeness (QED) is 0.843. The van der Waals surface area contributed by atoms with Crippen molar-refractivity contribution in [2.75, 3.05) is 5.32 Å². The largest absolute Gasteiger partial charge is 0.416 e. The van der Waals surface area contributed by atoms with Crippen LogP contribution >= 0.6 is 0 Å². The van der Waals surface area contributed by atoms with Crippen molar-refractivity contribution in [3.05, 3.63) is 65.7 Å². The molecule has 7 heteroatoms. The van der Waals surface area contributed by atoms with E-state index >= 15 is 0 Å². The average Bonchev–Trinajstić information content (AvgIpc) is 2.55. The maximum absolute atomic E-state index is 12.6. The molecule has 0 radical (unpaired) electrons. The first kappa shape index (κ1) is 17.5. The summed E-state index contributed by atoms with van der Waals surface area (Å²) < 4.78 is 37.9. The number of halogens is 3. The van der Waals surface area contributed by atoms with Gasteiger partial charge in [0.15, 0.2) is 0 Å². The van der Waals surface area contributed by atoms with Crippen LogP contribution in [0.2, 0.25) is 0 Å². The lowest BCUT2D eigenvalue weighted by atomic mass is 10.1. The van der Waals surface area contributed by atoms with Crippen LogP contribution < -0.4 is 10.6 Å². The molecule has 126 valence electrons. The second-order valence-corrected chi connectivity index (χ2v) is 5.14. The van der Waals surface area contributed by atoms with Crippen LogP contribution in [-0.2, 0) is 15.8 Å². The molecule has 0 heterocycles. The Morgan fingerprint density at radius 1 is 0.958 bits per heavy atom. The summed E-state index contributed by atoms with van der Waals surface area (Å²) in [5.41, 5.74) is -0.201. The van der Waals surface area contributed by atoms with Crippen molar-refractivity contribution in [3.63, 3.8) is 0 Å². The average molecular weight is 336 g/mol. The van der Waals surface area contributed by atoms with Gasteiger partial charge in [0.2, 0.25) is 0 Å². The molecule has 0 fully saturated rings. The summed E-state index contributed by atoms with van der Waals surface area (Å²) >= 11 is 0. The van der Waals surface area contributed by atoms with Gasteiger partial charge in [0.05, 0.1) is 11.6 Å². The maximum atomic E-state index is 12.6. The zero-order valence-corrected chi connectivity index (χ0v) is 12.7. The summed E-state index contributed by atoms with van der Waals surface area (Å²) in [5.74, 6) is -1.96. The fourth-order valence-electron chi connectivity index (χ4n) is 2.05.